The fourth-order valence-corrected chi connectivity index (χ4v) is 1.18. The van der Waals surface area contributed by atoms with Crippen LogP contribution in [0.15, 0.2) is 28.7 Å². The Balaban J connectivity index is 2.67. The predicted molar refractivity (Wildman–Crippen MR) is 45.4 cm³/mol. The molecule has 0 saturated carbocycles. The van der Waals surface area contributed by atoms with Crippen molar-refractivity contribution >= 4 is 16.7 Å². The van der Waals surface area contributed by atoms with Gasteiger partial charge in [-0.15, -0.1) is 0 Å². The van der Waals surface area contributed by atoms with Gasteiger partial charge in [0, 0.05) is 11.1 Å². The molecule has 2 aromatic rings. The quantitative estimate of drug-likeness (QED) is 0.659. The molecule has 0 unspecified atom stereocenters. The number of halogens is 1. The van der Waals surface area contributed by atoms with Gasteiger partial charge < -0.3 is 10.2 Å². The molecule has 0 amide bonds. The zero-order valence-electron chi connectivity index (χ0n) is 6.38. The van der Waals surface area contributed by atoms with Crippen molar-refractivity contribution in [2.24, 2.45) is 0 Å². The highest BCUT2D eigenvalue weighted by Gasteiger charge is 2.02. The smallest absolute Gasteiger partial charge is 0.147 e. The number of fused-ring (bicyclic) bond motifs is 1. The lowest BCUT2D eigenvalue weighted by Gasteiger charge is -1.89. The maximum Gasteiger partial charge on any atom is 0.147 e. The summed E-state index contributed by atoms with van der Waals surface area (Å²) in [6.45, 7) is -0.575. The van der Waals surface area contributed by atoms with Gasteiger partial charge in [-0.25, -0.2) is 4.39 Å². The lowest BCUT2D eigenvalue weighted by atomic mass is 10.2. The average molecular weight is 165 g/mol. The van der Waals surface area contributed by atoms with Crippen LogP contribution in [0.4, 0.5) is 10.1 Å². The topological polar surface area (TPSA) is 39.2 Å². The van der Waals surface area contributed by atoms with Crippen molar-refractivity contribution in [3.8, 4) is 0 Å². The van der Waals surface area contributed by atoms with E-state index in [0.29, 0.717) is 17.0 Å². The molecule has 1 aromatic carbocycles. The molecule has 3 heteroatoms. The number of nitrogen functional groups attached to an aromatic ring is 1. The summed E-state index contributed by atoms with van der Waals surface area (Å²) in [6.07, 6.45) is 0. The number of hydrogen-bond acceptors (Lipinski definition) is 2. The minimum Gasteiger partial charge on any atom is -0.458 e. The number of hydrogen-bond donors (Lipinski definition) is 1. The molecule has 0 aliphatic carbocycles. The predicted octanol–water partition coefficient (Wildman–Crippen LogP) is 2.48. The highest BCUT2D eigenvalue weighted by Crippen LogP contribution is 2.21. The summed E-state index contributed by atoms with van der Waals surface area (Å²) in [7, 11) is 0. The molecule has 62 valence electrons. The largest absolute Gasteiger partial charge is 0.458 e. The molecule has 0 aliphatic rings. The molecule has 0 saturated heterocycles. The van der Waals surface area contributed by atoms with E-state index in [0.717, 1.165) is 5.39 Å². The first-order valence-corrected chi connectivity index (χ1v) is 3.63. The van der Waals surface area contributed by atoms with Gasteiger partial charge in [0.05, 0.1) is 0 Å². The van der Waals surface area contributed by atoms with E-state index in [1.54, 1.807) is 24.3 Å². The molecule has 0 fully saturated rings. The molecule has 0 spiro atoms. The van der Waals surface area contributed by atoms with Gasteiger partial charge in [0.15, 0.2) is 0 Å². The Morgan fingerprint density at radius 3 is 2.92 bits per heavy atom. The maximum absolute atomic E-state index is 12.1. The summed E-state index contributed by atoms with van der Waals surface area (Å²) < 4.78 is 17.3. The van der Waals surface area contributed by atoms with Crippen LogP contribution in [0.25, 0.3) is 11.0 Å². The fraction of sp³-hybridized carbons (Fsp3) is 0.111. The number of nitrogens with two attached hydrogens (primary N) is 1. The van der Waals surface area contributed by atoms with Crippen molar-refractivity contribution < 1.29 is 8.81 Å². The second-order valence-electron chi connectivity index (χ2n) is 2.64. The minimum absolute atomic E-state index is 0.343. The Labute approximate surface area is 68.8 Å². The maximum atomic E-state index is 12.1. The third-order valence-electron chi connectivity index (χ3n) is 1.72. The van der Waals surface area contributed by atoms with Crippen molar-refractivity contribution in [3.63, 3.8) is 0 Å². The van der Waals surface area contributed by atoms with Gasteiger partial charge in [-0.3, -0.25) is 0 Å². The van der Waals surface area contributed by atoms with E-state index in [2.05, 4.69) is 0 Å². The summed E-state index contributed by atoms with van der Waals surface area (Å²) in [5.41, 5.74) is 6.88. The van der Waals surface area contributed by atoms with E-state index in [-0.39, 0.29) is 0 Å². The van der Waals surface area contributed by atoms with Crippen molar-refractivity contribution in [1.29, 1.82) is 0 Å². The molecule has 1 heterocycles. The average Bonchev–Trinajstić information content (AvgIpc) is 2.46. The molecule has 2 N–H and O–H groups in total. The minimum atomic E-state index is -0.575. The van der Waals surface area contributed by atoms with Crippen molar-refractivity contribution in [2.45, 2.75) is 6.67 Å². The number of rotatable bonds is 1. The molecule has 1 aromatic heterocycles. The number of alkyl halides is 1. The fourth-order valence-electron chi connectivity index (χ4n) is 1.18. The standard InChI is InChI=1S/C9H8FNO/c10-5-8-4-6-3-7(11)1-2-9(6)12-8/h1-4H,5,11H2. The van der Waals surface area contributed by atoms with Gasteiger partial charge in [0.2, 0.25) is 0 Å². The Morgan fingerprint density at radius 1 is 1.33 bits per heavy atom. The third kappa shape index (κ3) is 1.03. The molecular formula is C9H8FNO. The first kappa shape index (κ1) is 7.16. The monoisotopic (exact) mass is 165 g/mol. The number of furan rings is 1. The van der Waals surface area contributed by atoms with Crippen LogP contribution in [0.5, 0.6) is 0 Å². The van der Waals surface area contributed by atoms with Crippen LogP contribution in [0, 0.1) is 0 Å². The molecule has 0 radical (unpaired) electrons. The lowest BCUT2D eigenvalue weighted by Crippen LogP contribution is -1.80. The highest BCUT2D eigenvalue weighted by atomic mass is 19.1. The number of benzene rings is 1. The van der Waals surface area contributed by atoms with Gasteiger partial charge in [-0.2, -0.15) is 0 Å². The molecule has 0 atom stereocenters. The normalized spacial score (nSPS) is 10.8. The van der Waals surface area contributed by atoms with E-state index in [9.17, 15) is 4.39 Å². The summed E-state index contributed by atoms with van der Waals surface area (Å²) in [4.78, 5) is 0. The Hall–Kier alpha value is -1.51. The van der Waals surface area contributed by atoms with E-state index < -0.39 is 6.67 Å². The van der Waals surface area contributed by atoms with Crippen LogP contribution >= 0.6 is 0 Å². The molecule has 0 bridgehead atoms. The Kier molecular flexibility index (Phi) is 1.50. The van der Waals surface area contributed by atoms with Crippen LogP contribution in [0.1, 0.15) is 5.76 Å². The second kappa shape index (κ2) is 2.52. The summed E-state index contributed by atoms with van der Waals surface area (Å²) in [5.74, 6) is 0.343. The first-order valence-electron chi connectivity index (χ1n) is 3.63. The van der Waals surface area contributed by atoms with Crippen LogP contribution in [0.2, 0.25) is 0 Å². The van der Waals surface area contributed by atoms with Gasteiger partial charge in [0.25, 0.3) is 0 Å². The van der Waals surface area contributed by atoms with Gasteiger partial charge in [0.1, 0.15) is 18.0 Å². The second-order valence-corrected chi connectivity index (χ2v) is 2.64. The van der Waals surface area contributed by atoms with E-state index in [1.807, 2.05) is 0 Å². The van der Waals surface area contributed by atoms with Crippen molar-refractivity contribution in [1.82, 2.24) is 0 Å². The highest BCUT2D eigenvalue weighted by molar-refractivity contribution is 5.81. The van der Waals surface area contributed by atoms with E-state index in [4.69, 9.17) is 10.2 Å². The first-order chi connectivity index (χ1) is 5.79. The summed E-state index contributed by atoms with van der Waals surface area (Å²) in [5, 5.41) is 0.850. The lowest BCUT2D eigenvalue weighted by molar-refractivity contribution is 0.407. The SMILES string of the molecule is Nc1ccc2oc(CF)cc2c1. The molecule has 2 rings (SSSR count). The van der Waals surface area contributed by atoms with Gasteiger partial charge >= 0.3 is 0 Å². The molecular weight excluding hydrogens is 157 g/mol. The molecule has 12 heavy (non-hydrogen) atoms. The Morgan fingerprint density at radius 2 is 2.17 bits per heavy atom. The van der Waals surface area contributed by atoms with Gasteiger partial charge in [-0.05, 0) is 24.3 Å². The van der Waals surface area contributed by atoms with Crippen LogP contribution in [-0.2, 0) is 6.67 Å². The summed E-state index contributed by atoms with van der Waals surface area (Å²) in [6, 6.07) is 6.89. The summed E-state index contributed by atoms with van der Waals surface area (Å²) >= 11 is 0. The Bertz CT molecular complexity index is 408. The van der Waals surface area contributed by atoms with Crippen LogP contribution in [0.3, 0.4) is 0 Å². The van der Waals surface area contributed by atoms with E-state index in [1.165, 1.54) is 0 Å². The third-order valence-corrected chi connectivity index (χ3v) is 1.72. The zero-order valence-corrected chi connectivity index (χ0v) is 6.38. The molecule has 2 nitrogen and oxygen atoms in total. The number of anilines is 1. The van der Waals surface area contributed by atoms with Crippen LogP contribution in [-0.4, -0.2) is 0 Å². The molecule has 0 aliphatic heterocycles. The zero-order chi connectivity index (χ0) is 8.55. The van der Waals surface area contributed by atoms with Gasteiger partial charge in [-0.1, -0.05) is 0 Å². The van der Waals surface area contributed by atoms with Crippen LogP contribution < -0.4 is 5.73 Å². The van der Waals surface area contributed by atoms with Crippen molar-refractivity contribution in [2.75, 3.05) is 5.73 Å². The van der Waals surface area contributed by atoms with E-state index >= 15 is 0 Å². The van der Waals surface area contributed by atoms with Crippen molar-refractivity contribution in [3.05, 3.63) is 30.0 Å².